The van der Waals surface area contributed by atoms with Crippen molar-refractivity contribution in [3.63, 3.8) is 0 Å². The molecule has 8 rings (SSSR count). The fourth-order valence-corrected chi connectivity index (χ4v) is 6.73. The van der Waals surface area contributed by atoms with E-state index in [4.69, 9.17) is 4.42 Å². The third-order valence-corrected chi connectivity index (χ3v) is 8.38. The molecule has 0 aliphatic heterocycles. The minimum Gasteiger partial charge on any atom is -0.454 e. The van der Waals surface area contributed by atoms with E-state index in [1.54, 1.807) is 0 Å². The van der Waals surface area contributed by atoms with E-state index in [1.165, 1.54) is 36.3 Å². The molecule has 0 bridgehead atoms. The summed E-state index contributed by atoms with van der Waals surface area (Å²) in [6, 6.07) is 45.2. The summed E-state index contributed by atoms with van der Waals surface area (Å²) in [6.45, 7) is 0. The quantitative estimate of drug-likeness (QED) is 0.244. The second-order valence-electron chi connectivity index (χ2n) is 9.37. The molecule has 6 aromatic carbocycles. The van der Waals surface area contributed by atoms with Crippen LogP contribution in [0.4, 0.5) is 17.1 Å². The summed E-state index contributed by atoms with van der Waals surface area (Å²) in [5.74, 6) is 0. The van der Waals surface area contributed by atoms with Crippen molar-refractivity contribution in [3.8, 4) is 0 Å². The minimum atomic E-state index is 0.897. The predicted octanol–water partition coefficient (Wildman–Crippen LogP) is 10.6. The van der Waals surface area contributed by atoms with Gasteiger partial charge in [-0.05, 0) is 53.2 Å². The van der Waals surface area contributed by atoms with Crippen molar-refractivity contribution in [1.29, 1.82) is 0 Å². The highest BCUT2D eigenvalue weighted by Crippen LogP contribution is 2.45. The number of hydrogen-bond acceptors (Lipinski definition) is 3. The number of benzene rings is 6. The standard InChI is InChI=1S/C34H21NOS/c1-2-10-23(11-3-1)35(24-18-19-27-26-13-6-7-16-31(26)37-32(27)21-24)29-15-8-14-28-33-25-12-5-4-9-22(25)17-20-30(33)36-34(28)29/h1-21H. The zero-order valence-electron chi connectivity index (χ0n) is 19.9. The largest absolute Gasteiger partial charge is 0.454 e. The summed E-state index contributed by atoms with van der Waals surface area (Å²) in [5, 5.41) is 7.35. The van der Waals surface area contributed by atoms with Gasteiger partial charge in [0.25, 0.3) is 0 Å². The Labute approximate surface area is 217 Å². The van der Waals surface area contributed by atoms with Crippen molar-refractivity contribution in [2.24, 2.45) is 0 Å². The lowest BCUT2D eigenvalue weighted by Crippen LogP contribution is -2.09. The summed E-state index contributed by atoms with van der Waals surface area (Å²) in [7, 11) is 0. The number of fused-ring (bicyclic) bond motifs is 8. The van der Waals surface area contributed by atoms with Crippen LogP contribution in [-0.2, 0) is 0 Å². The van der Waals surface area contributed by atoms with Crippen LogP contribution in [-0.4, -0.2) is 0 Å². The molecule has 0 spiro atoms. The molecular formula is C34H21NOS. The summed E-state index contributed by atoms with van der Waals surface area (Å²) in [6.07, 6.45) is 0. The van der Waals surface area contributed by atoms with E-state index in [0.29, 0.717) is 0 Å². The topological polar surface area (TPSA) is 16.4 Å². The zero-order valence-corrected chi connectivity index (χ0v) is 20.7. The van der Waals surface area contributed by atoms with Gasteiger partial charge in [0.15, 0.2) is 5.58 Å². The maximum atomic E-state index is 6.61. The molecule has 37 heavy (non-hydrogen) atoms. The average Bonchev–Trinajstić information content (AvgIpc) is 3.52. The lowest BCUT2D eigenvalue weighted by molar-refractivity contribution is 0.669. The zero-order chi connectivity index (χ0) is 24.3. The molecule has 0 atom stereocenters. The molecule has 3 heteroatoms. The Balaban J connectivity index is 1.42. The molecule has 0 unspecified atom stereocenters. The molecule has 0 amide bonds. The highest BCUT2D eigenvalue weighted by Gasteiger charge is 2.20. The molecule has 0 saturated heterocycles. The van der Waals surface area contributed by atoms with Crippen molar-refractivity contribution in [2.45, 2.75) is 0 Å². The summed E-state index contributed by atoms with van der Waals surface area (Å²) in [5.41, 5.74) is 5.05. The Kier molecular flexibility index (Phi) is 4.42. The number of thiophene rings is 1. The molecule has 0 aliphatic carbocycles. The summed E-state index contributed by atoms with van der Waals surface area (Å²) >= 11 is 1.84. The van der Waals surface area contributed by atoms with Gasteiger partial charge in [-0.1, -0.05) is 84.9 Å². The Morgan fingerprint density at radius 2 is 1.27 bits per heavy atom. The molecule has 0 aliphatic rings. The van der Waals surface area contributed by atoms with E-state index in [9.17, 15) is 0 Å². The summed E-state index contributed by atoms with van der Waals surface area (Å²) in [4.78, 5) is 2.32. The van der Waals surface area contributed by atoms with E-state index in [2.05, 4.69) is 132 Å². The number of para-hydroxylation sites is 2. The van der Waals surface area contributed by atoms with Gasteiger partial charge in [0.2, 0.25) is 0 Å². The van der Waals surface area contributed by atoms with Crippen LogP contribution in [0.2, 0.25) is 0 Å². The highest BCUT2D eigenvalue weighted by molar-refractivity contribution is 7.25. The second-order valence-corrected chi connectivity index (χ2v) is 10.4. The van der Waals surface area contributed by atoms with Gasteiger partial charge in [0.1, 0.15) is 5.58 Å². The minimum absolute atomic E-state index is 0.897. The molecule has 174 valence electrons. The van der Waals surface area contributed by atoms with Gasteiger partial charge in [0, 0.05) is 42.3 Å². The Morgan fingerprint density at radius 1 is 0.514 bits per heavy atom. The first-order chi connectivity index (χ1) is 18.3. The third-order valence-electron chi connectivity index (χ3n) is 7.24. The van der Waals surface area contributed by atoms with Crippen molar-refractivity contribution < 1.29 is 4.42 Å². The third kappa shape index (κ3) is 3.11. The molecule has 0 fully saturated rings. The first kappa shape index (κ1) is 20.6. The first-order valence-electron chi connectivity index (χ1n) is 12.4. The van der Waals surface area contributed by atoms with Crippen LogP contribution < -0.4 is 4.90 Å². The van der Waals surface area contributed by atoms with Gasteiger partial charge >= 0.3 is 0 Å². The van der Waals surface area contributed by atoms with Gasteiger partial charge in [-0.25, -0.2) is 0 Å². The lowest BCUT2D eigenvalue weighted by atomic mass is 10.0. The Bertz CT molecular complexity index is 2100. The molecular weight excluding hydrogens is 470 g/mol. The maximum Gasteiger partial charge on any atom is 0.159 e. The molecule has 2 aromatic heterocycles. The predicted molar refractivity (Wildman–Crippen MR) is 159 cm³/mol. The molecule has 2 heterocycles. The number of rotatable bonds is 3. The molecule has 0 radical (unpaired) electrons. The smallest absolute Gasteiger partial charge is 0.159 e. The number of anilines is 3. The van der Waals surface area contributed by atoms with Gasteiger partial charge in [-0.15, -0.1) is 11.3 Å². The molecule has 2 nitrogen and oxygen atoms in total. The summed E-state index contributed by atoms with van der Waals surface area (Å²) < 4.78 is 9.20. The van der Waals surface area contributed by atoms with Crippen LogP contribution in [0.5, 0.6) is 0 Å². The maximum absolute atomic E-state index is 6.61. The highest BCUT2D eigenvalue weighted by atomic mass is 32.1. The number of hydrogen-bond donors (Lipinski definition) is 0. The van der Waals surface area contributed by atoms with E-state index >= 15 is 0 Å². The number of nitrogens with zero attached hydrogens (tertiary/aromatic N) is 1. The van der Waals surface area contributed by atoms with Crippen LogP contribution in [0.3, 0.4) is 0 Å². The van der Waals surface area contributed by atoms with Crippen LogP contribution >= 0.6 is 11.3 Å². The van der Waals surface area contributed by atoms with Gasteiger partial charge in [-0.2, -0.15) is 0 Å². The fraction of sp³-hybridized carbons (Fsp3) is 0. The normalized spacial score (nSPS) is 11.8. The van der Waals surface area contributed by atoms with Crippen LogP contribution in [0, 0.1) is 0 Å². The van der Waals surface area contributed by atoms with Crippen molar-refractivity contribution in [3.05, 3.63) is 127 Å². The van der Waals surface area contributed by atoms with Crippen molar-refractivity contribution in [1.82, 2.24) is 0 Å². The van der Waals surface area contributed by atoms with E-state index in [-0.39, 0.29) is 0 Å². The first-order valence-corrected chi connectivity index (χ1v) is 13.3. The van der Waals surface area contributed by atoms with Crippen LogP contribution in [0.15, 0.2) is 132 Å². The van der Waals surface area contributed by atoms with Crippen LogP contribution in [0.1, 0.15) is 0 Å². The van der Waals surface area contributed by atoms with Crippen molar-refractivity contribution in [2.75, 3.05) is 4.90 Å². The fourth-order valence-electron chi connectivity index (χ4n) is 5.59. The van der Waals surface area contributed by atoms with Gasteiger partial charge in [-0.3, -0.25) is 0 Å². The second kappa shape index (κ2) is 7.95. The Morgan fingerprint density at radius 3 is 2.19 bits per heavy atom. The van der Waals surface area contributed by atoms with Crippen LogP contribution in [0.25, 0.3) is 52.9 Å². The van der Waals surface area contributed by atoms with E-state index in [0.717, 1.165) is 33.6 Å². The van der Waals surface area contributed by atoms with Crippen molar-refractivity contribution >= 4 is 81.3 Å². The Hall–Kier alpha value is -4.60. The van der Waals surface area contributed by atoms with E-state index in [1.807, 2.05) is 11.3 Å². The van der Waals surface area contributed by atoms with Gasteiger partial charge in [0.05, 0.1) is 5.69 Å². The molecule has 0 N–H and O–H groups in total. The average molecular weight is 492 g/mol. The monoisotopic (exact) mass is 491 g/mol. The molecule has 0 saturated carbocycles. The van der Waals surface area contributed by atoms with Gasteiger partial charge < -0.3 is 9.32 Å². The lowest BCUT2D eigenvalue weighted by Gasteiger charge is -2.25. The SMILES string of the molecule is c1ccc(N(c2ccc3c(c2)sc2ccccc23)c2cccc3c2oc2ccc4ccccc4c23)cc1. The number of furan rings is 1. The molecule has 8 aromatic rings. The van der Waals surface area contributed by atoms with E-state index < -0.39 is 0 Å².